The van der Waals surface area contributed by atoms with E-state index in [0.717, 1.165) is 6.07 Å². The van der Waals surface area contributed by atoms with Crippen LogP contribution < -0.4 is 10.0 Å². The third-order valence-corrected chi connectivity index (χ3v) is 4.41. The van der Waals surface area contributed by atoms with E-state index in [1.807, 2.05) is 0 Å². The molecule has 0 saturated carbocycles. The first-order valence-corrected chi connectivity index (χ1v) is 8.00. The molecule has 0 saturated heterocycles. The van der Waals surface area contributed by atoms with Gasteiger partial charge in [-0.25, -0.2) is 12.8 Å². The Balaban J connectivity index is 2.34. The van der Waals surface area contributed by atoms with E-state index in [1.54, 1.807) is 19.2 Å². The lowest BCUT2D eigenvalue weighted by Crippen LogP contribution is -2.15. The van der Waals surface area contributed by atoms with Gasteiger partial charge in [0, 0.05) is 17.3 Å². The molecule has 112 valence electrons. The molecule has 0 heterocycles. The predicted octanol–water partition coefficient (Wildman–Crippen LogP) is 3.00. The second kappa shape index (κ2) is 6.43. The van der Waals surface area contributed by atoms with Crippen LogP contribution in [0.3, 0.4) is 0 Å². The second-order valence-electron chi connectivity index (χ2n) is 4.41. The largest absolute Gasteiger partial charge is 0.316 e. The summed E-state index contributed by atoms with van der Waals surface area (Å²) in [6.07, 6.45) is 0. The van der Waals surface area contributed by atoms with E-state index in [2.05, 4.69) is 10.0 Å². The highest BCUT2D eigenvalue weighted by Crippen LogP contribution is 2.21. The maximum atomic E-state index is 13.8. The Labute approximate surface area is 128 Å². The van der Waals surface area contributed by atoms with Crippen molar-refractivity contribution in [2.75, 3.05) is 11.8 Å². The van der Waals surface area contributed by atoms with Gasteiger partial charge in [0.1, 0.15) is 10.7 Å². The number of rotatable bonds is 5. The summed E-state index contributed by atoms with van der Waals surface area (Å²) in [4.78, 5) is -0.384. The Bertz CT molecular complexity index is 733. The van der Waals surface area contributed by atoms with Gasteiger partial charge >= 0.3 is 0 Å². The molecule has 0 radical (unpaired) electrons. The van der Waals surface area contributed by atoms with E-state index in [1.165, 1.54) is 24.3 Å². The highest BCUT2D eigenvalue weighted by molar-refractivity contribution is 7.92. The zero-order valence-corrected chi connectivity index (χ0v) is 12.8. The van der Waals surface area contributed by atoms with E-state index in [9.17, 15) is 12.8 Å². The molecule has 0 aliphatic heterocycles. The minimum atomic E-state index is -3.99. The van der Waals surface area contributed by atoms with Crippen LogP contribution in [0.15, 0.2) is 47.4 Å². The van der Waals surface area contributed by atoms with Crippen LogP contribution in [0.1, 0.15) is 5.56 Å². The summed E-state index contributed by atoms with van der Waals surface area (Å²) < 4.78 is 40.7. The summed E-state index contributed by atoms with van der Waals surface area (Å²) in [5.74, 6) is -0.795. The van der Waals surface area contributed by atoms with E-state index in [-0.39, 0.29) is 4.90 Å². The molecule has 2 rings (SSSR count). The number of hydrogen-bond acceptors (Lipinski definition) is 3. The molecule has 0 atom stereocenters. The van der Waals surface area contributed by atoms with Gasteiger partial charge < -0.3 is 5.32 Å². The van der Waals surface area contributed by atoms with Gasteiger partial charge in [0.15, 0.2) is 0 Å². The monoisotopic (exact) mass is 328 g/mol. The maximum Gasteiger partial charge on any atom is 0.264 e. The zero-order valence-electron chi connectivity index (χ0n) is 11.2. The van der Waals surface area contributed by atoms with Crippen molar-refractivity contribution in [2.24, 2.45) is 0 Å². The van der Waals surface area contributed by atoms with Crippen LogP contribution in [0.4, 0.5) is 10.1 Å². The van der Waals surface area contributed by atoms with E-state index in [0.29, 0.717) is 22.8 Å². The SMILES string of the molecule is CNCc1ccc(F)c(S(=O)(=O)Nc2ccc(Cl)cc2)c1. The molecule has 7 heteroatoms. The number of nitrogens with one attached hydrogen (secondary N) is 2. The van der Waals surface area contributed by atoms with E-state index in [4.69, 9.17) is 11.6 Å². The molecular weight excluding hydrogens is 315 g/mol. The average molecular weight is 329 g/mol. The van der Waals surface area contributed by atoms with Gasteiger partial charge in [0.2, 0.25) is 0 Å². The third kappa shape index (κ3) is 3.93. The summed E-state index contributed by atoms with van der Waals surface area (Å²) in [5, 5.41) is 3.37. The lowest BCUT2D eigenvalue weighted by atomic mass is 10.2. The van der Waals surface area contributed by atoms with Crippen LogP contribution in [0.2, 0.25) is 5.02 Å². The molecule has 0 aliphatic carbocycles. The molecule has 0 bridgehead atoms. The van der Waals surface area contributed by atoms with Crippen molar-refractivity contribution in [3.8, 4) is 0 Å². The lowest BCUT2D eigenvalue weighted by molar-refractivity contribution is 0.569. The summed E-state index contributed by atoms with van der Waals surface area (Å²) in [5.41, 5.74) is 0.994. The number of benzene rings is 2. The zero-order chi connectivity index (χ0) is 15.5. The van der Waals surface area contributed by atoms with Gasteiger partial charge in [-0.1, -0.05) is 17.7 Å². The minimum absolute atomic E-state index is 0.317. The second-order valence-corrected chi connectivity index (χ2v) is 6.49. The van der Waals surface area contributed by atoms with Gasteiger partial charge in [0.25, 0.3) is 10.0 Å². The first kappa shape index (κ1) is 15.8. The fraction of sp³-hybridized carbons (Fsp3) is 0.143. The van der Waals surface area contributed by atoms with Gasteiger partial charge in [-0.3, -0.25) is 4.72 Å². The van der Waals surface area contributed by atoms with Crippen molar-refractivity contribution < 1.29 is 12.8 Å². The molecule has 0 aliphatic rings. The predicted molar refractivity (Wildman–Crippen MR) is 81.4 cm³/mol. The quantitative estimate of drug-likeness (QED) is 0.887. The Hall–Kier alpha value is -1.63. The van der Waals surface area contributed by atoms with Crippen molar-refractivity contribution in [3.63, 3.8) is 0 Å². The van der Waals surface area contributed by atoms with Crippen LogP contribution in [0.5, 0.6) is 0 Å². The first-order chi connectivity index (χ1) is 9.92. The van der Waals surface area contributed by atoms with E-state index < -0.39 is 15.8 Å². The first-order valence-electron chi connectivity index (χ1n) is 6.14. The fourth-order valence-corrected chi connectivity index (χ4v) is 3.11. The normalized spacial score (nSPS) is 11.4. The molecule has 4 nitrogen and oxygen atoms in total. The Morgan fingerprint density at radius 3 is 2.43 bits per heavy atom. The van der Waals surface area contributed by atoms with Crippen LogP contribution in [-0.4, -0.2) is 15.5 Å². The molecule has 0 amide bonds. The molecule has 21 heavy (non-hydrogen) atoms. The van der Waals surface area contributed by atoms with Gasteiger partial charge in [-0.2, -0.15) is 0 Å². The Morgan fingerprint density at radius 1 is 1.14 bits per heavy atom. The van der Waals surface area contributed by atoms with Crippen LogP contribution in [0.25, 0.3) is 0 Å². The molecule has 2 N–H and O–H groups in total. The smallest absolute Gasteiger partial charge is 0.264 e. The molecule has 0 fully saturated rings. The van der Waals surface area contributed by atoms with Crippen LogP contribution in [0, 0.1) is 5.82 Å². The van der Waals surface area contributed by atoms with Gasteiger partial charge in [0.05, 0.1) is 0 Å². The highest BCUT2D eigenvalue weighted by atomic mass is 35.5. The lowest BCUT2D eigenvalue weighted by Gasteiger charge is -2.10. The molecule has 2 aromatic rings. The highest BCUT2D eigenvalue weighted by Gasteiger charge is 2.19. The van der Waals surface area contributed by atoms with Crippen molar-refractivity contribution in [3.05, 3.63) is 58.9 Å². The topological polar surface area (TPSA) is 58.2 Å². The molecule has 0 aromatic heterocycles. The molecule has 0 spiro atoms. The summed E-state index contributed by atoms with van der Waals surface area (Å²) in [6, 6.07) is 10.1. The maximum absolute atomic E-state index is 13.8. The molecular formula is C14H14ClFN2O2S. The van der Waals surface area contributed by atoms with Crippen molar-refractivity contribution in [1.29, 1.82) is 0 Å². The van der Waals surface area contributed by atoms with E-state index >= 15 is 0 Å². The van der Waals surface area contributed by atoms with Crippen molar-refractivity contribution >= 4 is 27.3 Å². The summed E-state index contributed by atoms with van der Waals surface area (Å²) in [6.45, 7) is 0.448. The standard InChI is InChI=1S/C14H14ClFN2O2S/c1-17-9-10-2-7-13(16)14(8-10)21(19,20)18-12-5-3-11(15)4-6-12/h2-8,17-18H,9H2,1H3. The summed E-state index contributed by atoms with van der Waals surface area (Å²) >= 11 is 5.74. The van der Waals surface area contributed by atoms with Crippen molar-refractivity contribution in [1.82, 2.24) is 5.32 Å². The van der Waals surface area contributed by atoms with Crippen molar-refractivity contribution in [2.45, 2.75) is 11.4 Å². The molecule has 2 aromatic carbocycles. The van der Waals surface area contributed by atoms with Crippen LogP contribution in [-0.2, 0) is 16.6 Å². The van der Waals surface area contributed by atoms with Gasteiger partial charge in [-0.15, -0.1) is 0 Å². The average Bonchev–Trinajstić information content (AvgIpc) is 2.43. The number of hydrogen-bond donors (Lipinski definition) is 2. The third-order valence-electron chi connectivity index (χ3n) is 2.76. The van der Waals surface area contributed by atoms with Crippen LogP contribution >= 0.6 is 11.6 Å². The Morgan fingerprint density at radius 2 is 1.81 bits per heavy atom. The van der Waals surface area contributed by atoms with Gasteiger partial charge in [-0.05, 0) is 49.0 Å². The number of anilines is 1. The number of sulfonamides is 1. The summed E-state index contributed by atoms with van der Waals surface area (Å²) in [7, 11) is -2.27. The Kier molecular flexibility index (Phi) is 4.82. The number of halogens is 2. The fourth-order valence-electron chi connectivity index (χ4n) is 1.80. The molecule has 0 unspecified atom stereocenters. The minimum Gasteiger partial charge on any atom is -0.316 e.